The predicted molar refractivity (Wildman–Crippen MR) is 112 cm³/mol. The van der Waals surface area contributed by atoms with Crippen LogP contribution >= 0.6 is 22.6 Å². The minimum Gasteiger partial charge on any atom is -0.497 e. The van der Waals surface area contributed by atoms with Gasteiger partial charge < -0.3 is 19.7 Å². The molecule has 2 amide bonds. The predicted octanol–water partition coefficient (Wildman–Crippen LogP) is 2.84. The van der Waals surface area contributed by atoms with Gasteiger partial charge in [0.2, 0.25) is 5.91 Å². The number of likely N-dealkylation sites (N-methyl/N-ethyl adjacent to an activating group) is 1. The number of methoxy groups -OCH3 is 1. The lowest BCUT2D eigenvalue weighted by Crippen LogP contribution is -2.48. The number of hydrogen-bond acceptors (Lipinski definition) is 4. The average Bonchev–Trinajstić information content (AvgIpc) is 2.70. The van der Waals surface area contributed by atoms with E-state index in [9.17, 15) is 9.59 Å². The van der Waals surface area contributed by atoms with Gasteiger partial charge in [-0.1, -0.05) is 12.1 Å². The third-order valence-electron chi connectivity index (χ3n) is 4.08. The Morgan fingerprint density at radius 1 is 1.15 bits per heavy atom. The first-order chi connectivity index (χ1) is 12.9. The van der Waals surface area contributed by atoms with Gasteiger partial charge in [-0.05, 0) is 71.5 Å². The normalized spacial score (nSPS) is 11.4. The van der Waals surface area contributed by atoms with E-state index in [1.54, 1.807) is 21.1 Å². The molecule has 0 saturated carbocycles. The molecule has 2 aromatic carbocycles. The maximum Gasteiger partial charge on any atom is 0.261 e. The second-order valence-electron chi connectivity index (χ2n) is 5.91. The first kappa shape index (κ1) is 21.0. The van der Waals surface area contributed by atoms with Crippen molar-refractivity contribution in [3.05, 3.63) is 57.7 Å². The van der Waals surface area contributed by atoms with Gasteiger partial charge in [0.05, 0.1) is 7.11 Å². The largest absolute Gasteiger partial charge is 0.497 e. The quantitative estimate of drug-likeness (QED) is 0.588. The molecule has 0 bridgehead atoms. The summed E-state index contributed by atoms with van der Waals surface area (Å²) in [6, 6.07) is 14.2. The topological polar surface area (TPSA) is 67.9 Å². The fourth-order valence-electron chi connectivity index (χ4n) is 2.52. The lowest BCUT2D eigenvalue weighted by molar-refractivity contribution is -0.142. The van der Waals surface area contributed by atoms with Crippen molar-refractivity contribution in [3.63, 3.8) is 0 Å². The summed E-state index contributed by atoms with van der Waals surface area (Å²) in [6.07, 6.45) is 0. The van der Waals surface area contributed by atoms with Gasteiger partial charge in [0, 0.05) is 17.2 Å². The number of nitrogens with zero attached hydrogens (tertiary/aromatic N) is 1. The van der Waals surface area contributed by atoms with Crippen LogP contribution in [-0.4, -0.2) is 43.5 Å². The number of amides is 2. The molecule has 2 aromatic rings. The summed E-state index contributed by atoms with van der Waals surface area (Å²) in [4.78, 5) is 26.4. The van der Waals surface area contributed by atoms with E-state index in [0.29, 0.717) is 11.5 Å². The van der Waals surface area contributed by atoms with E-state index in [0.717, 1.165) is 9.13 Å². The van der Waals surface area contributed by atoms with Gasteiger partial charge >= 0.3 is 0 Å². The van der Waals surface area contributed by atoms with Gasteiger partial charge in [0.15, 0.2) is 6.61 Å². The highest BCUT2D eigenvalue weighted by Gasteiger charge is 2.26. The molecule has 0 fully saturated rings. The summed E-state index contributed by atoms with van der Waals surface area (Å²) in [5, 5.41) is 2.59. The van der Waals surface area contributed by atoms with Crippen molar-refractivity contribution in [2.75, 3.05) is 20.8 Å². The van der Waals surface area contributed by atoms with Crippen molar-refractivity contribution < 1.29 is 19.1 Å². The van der Waals surface area contributed by atoms with Crippen LogP contribution in [0.2, 0.25) is 0 Å². The minimum absolute atomic E-state index is 0.147. The first-order valence-corrected chi connectivity index (χ1v) is 9.55. The summed E-state index contributed by atoms with van der Waals surface area (Å²) in [5.74, 6) is 0.799. The Kier molecular flexibility index (Phi) is 7.90. The Hall–Kier alpha value is -2.29. The summed E-state index contributed by atoms with van der Waals surface area (Å²) >= 11 is 2.20. The number of halogens is 1. The lowest BCUT2D eigenvalue weighted by Gasteiger charge is -2.28. The molecule has 0 saturated heterocycles. The summed E-state index contributed by atoms with van der Waals surface area (Å²) < 4.78 is 11.9. The molecule has 0 aromatic heterocycles. The van der Waals surface area contributed by atoms with Gasteiger partial charge in [0.1, 0.15) is 17.5 Å². The molecule has 0 heterocycles. The Balaban J connectivity index is 2.13. The van der Waals surface area contributed by atoms with Gasteiger partial charge in [-0.3, -0.25) is 9.59 Å². The minimum atomic E-state index is -0.631. The van der Waals surface area contributed by atoms with Crippen molar-refractivity contribution in [2.45, 2.75) is 19.5 Å². The van der Waals surface area contributed by atoms with E-state index < -0.39 is 6.04 Å². The highest BCUT2D eigenvalue weighted by molar-refractivity contribution is 14.1. The van der Waals surface area contributed by atoms with Crippen LogP contribution in [0, 0.1) is 3.57 Å². The highest BCUT2D eigenvalue weighted by atomic mass is 127. The van der Waals surface area contributed by atoms with Crippen LogP contribution in [0.5, 0.6) is 11.5 Å². The van der Waals surface area contributed by atoms with E-state index >= 15 is 0 Å². The highest BCUT2D eigenvalue weighted by Crippen LogP contribution is 2.17. The van der Waals surface area contributed by atoms with E-state index in [2.05, 4.69) is 27.9 Å². The van der Waals surface area contributed by atoms with E-state index in [4.69, 9.17) is 9.47 Å². The molecule has 1 unspecified atom stereocenters. The van der Waals surface area contributed by atoms with Gasteiger partial charge in [-0.25, -0.2) is 0 Å². The third-order valence-corrected chi connectivity index (χ3v) is 4.80. The lowest BCUT2D eigenvalue weighted by atomic mass is 10.1. The van der Waals surface area contributed by atoms with E-state index in [1.807, 2.05) is 48.5 Å². The van der Waals surface area contributed by atoms with Gasteiger partial charge in [-0.15, -0.1) is 0 Å². The fourth-order valence-corrected chi connectivity index (χ4v) is 2.88. The number of nitrogens with one attached hydrogen (secondary N) is 1. The second kappa shape index (κ2) is 10.1. The van der Waals surface area contributed by atoms with Crippen LogP contribution in [0.25, 0.3) is 0 Å². The third kappa shape index (κ3) is 6.13. The average molecular weight is 482 g/mol. The van der Waals surface area contributed by atoms with E-state index in [-0.39, 0.29) is 25.0 Å². The molecule has 0 radical (unpaired) electrons. The molecule has 7 heteroatoms. The van der Waals surface area contributed by atoms with Crippen LogP contribution in [0.4, 0.5) is 0 Å². The van der Waals surface area contributed by atoms with E-state index in [1.165, 1.54) is 4.90 Å². The second-order valence-corrected chi connectivity index (χ2v) is 7.15. The molecule has 144 valence electrons. The monoisotopic (exact) mass is 482 g/mol. The number of benzene rings is 2. The zero-order valence-electron chi connectivity index (χ0n) is 15.6. The molecule has 0 aliphatic rings. The maximum absolute atomic E-state index is 12.8. The molecule has 1 N–H and O–H groups in total. The fraction of sp³-hybridized carbons (Fsp3) is 0.300. The van der Waals surface area contributed by atoms with Gasteiger partial charge in [0.25, 0.3) is 5.91 Å². The van der Waals surface area contributed by atoms with Crippen LogP contribution in [0.3, 0.4) is 0 Å². The Morgan fingerprint density at radius 3 is 2.48 bits per heavy atom. The molecule has 27 heavy (non-hydrogen) atoms. The summed E-state index contributed by atoms with van der Waals surface area (Å²) in [6.45, 7) is 1.83. The van der Waals surface area contributed by atoms with Crippen molar-refractivity contribution in [1.29, 1.82) is 0 Å². The Bertz CT molecular complexity index is 780. The van der Waals surface area contributed by atoms with Crippen molar-refractivity contribution in [3.8, 4) is 11.5 Å². The molecular formula is C20H23IN2O4. The summed E-state index contributed by atoms with van der Waals surface area (Å²) in [5.41, 5.74) is 0.868. The molecule has 1 atom stereocenters. The van der Waals surface area contributed by atoms with Crippen molar-refractivity contribution in [2.24, 2.45) is 0 Å². The molecular weight excluding hydrogens is 459 g/mol. The van der Waals surface area contributed by atoms with Crippen LogP contribution in [0.1, 0.15) is 12.5 Å². The molecule has 0 spiro atoms. The van der Waals surface area contributed by atoms with Crippen molar-refractivity contribution in [1.82, 2.24) is 10.2 Å². The number of hydrogen-bond donors (Lipinski definition) is 1. The zero-order chi connectivity index (χ0) is 19.8. The number of carbonyl (C=O) groups excluding carboxylic acids is 2. The number of ether oxygens (including phenoxy) is 2. The van der Waals surface area contributed by atoms with Crippen molar-refractivity contribution >= 4 is 34.4 Å². The summed E-state index contributed by atoms with van der Waals surface area (Å²) in [7, 11) is 3.14. The number of rotatable bonds is 8. The first-order valence-electron chi connectivity index (χ1n) is 8.47. The smallest absolute Gasteiger partial charge is 0.261 e. The van der Waals surface area contributed by atoms with Crippen LogP contribution < -0.4 is 14.8 Å². The zero-order valence-corrected chi connectivity index (χ0v) is 17.7. The molecule has 0 aliphatic heterocycles. The van der Waals surface area contributed by atoms with Crippen LogP contribution in [-0.2, 0) is 16.1 Å². The van der Waals surface area contributed by atoms with Crippen LogP contribution in [0.15, 0.2) is 48.5 Å². The Labute approximate surface area is 173 Å². The molecule has 6 nitrogen and oxygen atoms in total. The number of carbonyl (C=O) groups is 2. The molecule has 0 aliphatic carbocycles. The maximum atomic E-state index is 12.8. The van der Waals surface area contributed by atoms with Gasteiger partial charge in [-0.2, -0.15) is 0 Å². The standard InChI is InChI=1S/C20H23IN2O4/c1-14(20(25)22-2)23(12-15-5-4-6-18(11-15)26-3)19(24)13-27-17-9-7-16(21)8-10-17/h4-11,14H,12-13H2,1-3H3,(H,22,25). The molecule has 2 rings (SSSR count). The Morgan fingerprint density at radius 2 is 1.85 bits per heavy atom. The SMILES string of the molecule is CNC(=O)C(C)N(Cc1cccc(OC)c1)C(=O)COc1ccc(I)cc1.